The maximum absolute atomic E-state index is 12.4. The second-order valence-electron chi connectivity index (χ2n) is 3.93. The summed E-state index contributed by atoms with van der Waals surface area (Å²) in [6, 6.07) is 3.18. The molecule has 0 spiro atoms. The molecule has 0 radical (unpaired) electrons. The number of hydrogen-bond acceptors (Lipinski definition) is 7. The second kappa shape index (κ2) is 6.50. The molecule has 21 heavy (non-hydrogen) atoms. The van der Waals surface area contributed by atoms with E-state index in [1.807, 2.05) is 0 Å². The van der Waals surface area contributed by atoms with E-state index in [9.17, 15) is 23.3 Å². The Hall–Kier alpha value is -2.20. The quantitative estimate of drug-likeness (QED) is 0.423. The smallest absolute Gasteiger partial charge is 0.321 e. The Bertz CT molecular complexity index is 657. The normalized spacial score (nSPS) is 11.2. The van der Waals surface area contributed by atoms with Gasteiger partial charge in [-0.3, -0.25) is 14.9 Å². The van der Waals surface area contributed by atoms with Crippen LogP contribution in [0.25, 0.3) is 0 Å². The van der Waals surface area contributed by atoms with Crippen LogP contribution in [0.15, 0.2) is 23.1 Å². The van der Waals surface area contributed by atoms with Crippen molar-refractivity contribution in [1.29, 1.82) is 0 Å². The summed E-state index contributed by atoms with van der Waals surface area (Å²) < 4.78 is 34.7. The highest BCUT2D eigenvalue weighted by molar-refractivity contribution is 7.89. The van der Waals surface area contributed by atoms with E-state index in [-0.39, 0.29) is 5.75 Å². The summed E-state index contributed by atoms with van der Waals surface area (Å²) >= 11 is 0. The van der Waals surface area contributed by atoms with Gasteiger partial charge < -0.3 is 9.47 Å². The molecule has 0 aliphatic heterocycles. The van der Waals surface area contributed by atoms with E-state index in [4.69, 9.17) is 4.74 Å². The topological polar surface area (TPSA) is 116 Å². The maximum Gasteiger partial charge on any atom is 0.321 e. The number of sulfonamides is 1. The Morgan fingerprint density at radius 1 is 1.38 bits per heavy atom. The van der Waals surface area contributed by atoms with Crippen molar-refractivity contribution in [3.05, 3.63) is 28.3 Å². The molecular weight excluding hydrogens is 304 g/mol. The van der Waals surface area contributed by atoms with E-state index in [2.05, 4.69) is 4.74 Å². The molecule has 116 valence electrons. The van der Waals surface area contributed by atoms with Gasteiger partial charge in [0.05, 0.1) is 19.1 Å². The lowest BCUT2D eigenvalue weighted by Crippen LogP contribution is -2.33. The summed E-state index contributed by atoms with van der Waals surface area (Å²) in [5.74, 6) is -0.817. The highest BCUT2D eigenvalue weighted by Crippen LogP contribution is 2.29. The van der Waals surface area contributed by atoms with Gasteiger partial charge in [0.25, 0.3) is 5.69 Å². The van der Waals surface area contributed by atoms with Crippen LogP contribution in [0.1, 0.15) is 0 Å². The number of benzene rings is 1. The van der Waals surface area contributed by atoms with Crippen molar-refractivity contribution in [2.45, 2.75) is 4.90 Å². The highest BCUT2D eigenvalue weighted by atomic mass is 32.2. The van der Waals surface area contributed by atoms with E-state index in [1.54, 1.807) is 0 Å². The van der Waals surface area contributed by atoms with E-state index < -0.39 is 38.0 Å². The molecule has 0 heterocycles. The Labute approximate surface area is 121 Å². The van der Waals surface area contributed by atoms with Crippen molar-refractivity contribution < 1.29 is 27.6 Å². The zero-order chi connectivity index (χ0) is 16.2. The zero-order valence-electron chi connectivity index (χ0n) is 11.6. The van der Waals surface area contributed by atoms with Crippen molar-refractivity contribution in [2.24, 2.45) is 0 Å². The molecule has 0 aliphatic carbocycles. The monoisotopic (exact) mass is 318 g/mol. The van der Waals surface area contributed by atoms with Gasteiger partial charge in [0.2, 0.25) is 10.0 Å². The first-order valence-electron chi connectivity index (χ1n) is 5.59. The lowest BCUT2D eigenvalue weighted by Gasteiger charge is -2.17. The molecule has 10 heteroatoms. The van der Waals surface area contributed by atoms with Crippen LogP contribution in [0.2, 0.25) is 0 Å². The van der Waals surface area contributed by atoms with Crippen molar-refractivity contribution in [1.82, 2.24) is 4.31 Å². The molecular formula is C11H14N2O7S. The van der Waals surface area contributed by atoms with Gasteiger partial charge in [-0.05, 0) is 6.07 Å². The van der Waals surface area contributed by atoms with Gasteiger partial charge in [-0.15, -0.1) is 0 Å². The third kappa shape index (κ3) is 3.67. The third-order valence-electron chi connectivity index (χ3n) is 2.63. The molecule has 0 amide bonds. The minimum atomic E-state index is -4.14. The molecule has 0 fully saturated rings. The number of carbonyl (C=O) groups excluding carboxylic acids is 1. The fourth-order valence-electron chi connectivity index (χ4n) is 1.48. The van der Waals surface area contributed by atoms with E-state index >= 15 is 0 Å². The molecule has 1 rings (SSSR count). The highest BCUT2D eigenvalue weighted by Gasteiger charge is 2.28. The van der Waals surface area contributed by atoms with E-state index in [0.717, 1.165) is 30.6 Å². The first-order chi connectivity index (χ1) is 9.73. The fraction of sp³-hybridized carbons (Fsp3) is 0.364. The summed E-state index contributed by atoms with van der Waals surface area (Å²) in [4.78, 5) is 20.8. The average Bonchev–Trinajstić information content (AvgIpc) is 2.45. The van der Waals surface area contributed by atoms with Gasteiger partial charge in [0.15, 0.2) is 0 Å². The van der Waals surface area contributed by atoms with Crippen molar-refractivity contribution in [2.75, 3.05) is 27.8 Å². The predicted molar refractivity (Wildman–Crippen MR) is 71.5 cm³/mol. The van der Waals surface area contributed by atoms with Crippen LogP contribution in [-0.4, -0.2) is 51.4 Å². The van der Waals surface area contributed by atoms with Gasteiger partial charge >= 0.3 is 5.97 Å². The number of ether oxygens (including phenoxy) is 2. The van der Waals surface area contributed by atoms with Crippen molar-refractivity contribution in [3.8, 4) is 5.75 Å². The van der Waals surface area contributed by atoms with Crippen LogP contribution < -0.4 is 4.74 Å². The largest absolute Gasteiger partial charge is 0.495 e. The number of hydrogen-bond donors (Lipinski definition) is 0. The lowest BCUT2D eigenvalue weighted by molar-refractivity contribution is -0.385. The number of non-ortho nitro benzene ring substituents is 1. The van der Waals surface area contributed by atoms with Crippen LogP contribution in [0, 0.1) is 10.1 Å². The summed E-state index contributed by atoms with van der Waals surface area (Å²) in [5.41, 5.74) is -0.402. The van der Waals surface area contributed by atoms with Crippen LogP contribution in [0.3, 0.4) is 0 Å². The molecule has 0 aromatic heterocycles. The number of esters is 1. The minimum absolute atomic E-state index is 0.0580. The van der Waals surface area contributed by atoms with Gasteiger partial charge in [-0.2, -0.15) is 4.31 Å². The number of nitro benzene ring substituents is 1. The number of likely N-dealkylation sites (N-methyl/N-ethyl adjacent to an activating group) is 1. The SMILES string of the molecule is COC(=O)CN(C)S(=O)(=O)c1cc([N+](=O)[O-])ccc1OC. The van der Waals surface area contributed by atoms with Gasteiger partial charge in [0, 0.05) is 19.2 Å². The van der Waals surface area contributed by atoms with E-state index in [1.165, 1.54) is 13.2 Å². The summed E-state index contributed by atoms with van der Waals surface area (Å²) in [6.45, 7) is -0.523. The molecule has 0 atom stereocenters. The number of nitrogens with zero attached hydrogens (tertiary/aromatic N) is 2. The Balaban J connectivity index is 3.31. The third-order valence-corrected chi connectivity index (χ3v) is 4.45. The molecule has 0 bridgehead atoms. The summed E-state index contributed by atoms with van der Waals surface area (Å²) in [7, 11) is -0.624. The van der Waals surface area contributed by atoms with Crippen LogP contribution in [-0.2, 0) is 19.6 Å². The van der Waals surface area contributed by atoms with Crippen molar-refractivity contribution in [3.63, 3.8) is 0 Å². The van der Waals surface area contributed by atoms with Crippen molar-refractivity contribution >= 4 is 21.7 Å². The van der Waals surface area contributed by atoms with Gasteiger partial charge in [0.1, 0.15) is 17.2 Å². The zero-order valence-corrected chi connectivity index (χ0v) is 12.4. The maximum atomic E-state index is 12.4. The molecule has 0 saturated carbocycles. The molecule has 0 aliphatic rings. The molecule has 0 N–H and O–H groups in total. The average molecular weight is 318 g/mol. The summed E-state index contributed by atoms with van der Waals surface area (Å²) in [5, 5.41) is 10.8. The van der Waals surface area contributed by atoms with Crippen LogP contribution in [0.5, 0.6) is 5.75 Å². The first-order valence-corrected chi connectivity index (χ1v) is 7.03. The lowest BCUT2D eigenvalue weighted by atomic mass is 10.3. The Kier molecular flexibility index (Phi) is 5.22. The van der Waals surface area contributed by atoms with Crippen LogP contribution >= 0.6 is 0 Å². The molecule has 9 nitrogen and oxygen atoms in total. The summed E-state index contributed by atoms with van der Waals surface area (Å²) in [6.07, 6.45) is 0. The van der Waals surface area contributed by atoms with Gasteiger partial charge in [-0.25, -0.2) is 8.42 Å². The number of nitro groups is 1. The minimum Gasteiger partial charge on any atom is -0.495 e. The van der Waals surface area contributed by atoms with Gasteiger partial charge in [-0.1, -0.05) is 0 Å². The standard InChI is InChI=1S/C11H14N2O7S/c1-12(7-11(14)20-3)21(17,18)10-6-8(13(15)16)4-5-9(10)19-2/h4-6H,7H2,1-3H3. The number of methoxy groups -OCH3 is 2. The second-order valence-corrected chi connectivity index (χ2v) is 5.94. The molecule has 1 aromatic carbocycles. The molecule has 0 unspecified atom stereocenters. The first kappa shape index (κ1) is 16.9. The number of rotatable bonds is 6. The fourth-order valence-corrected chi connectivity index (χ4v) is 2.77. The molecule has 0 saturated heterocycles. The molecule has 1 aromatic rings. The Morgan fingerprint density at radius 3 is 2.48 bits per heavy atom. The van der Waals surface area contributed by atoms with E-state index in [0.29, 0.717) is 0 Å². The number of carbonyl (C=O) groups is 1. The van der Waals surface area contributed by atoms with Crippen LogP contribution in [0.4, 0.5) is 5.69 Å². The Morgan fingerprint density at radius 2 is 2.00 bits per heavy atom. The predicted octanol–water partition coefficient (Wildman–Crippen LogP) is 0.397.